The molecule has 19 heavy (non-hydrogen) atoms. The average molecular weight is 302 g/mol. The Bertz CT molecular complexity index is 545. The molecule has 0 radical (unpaired) electrons. The van der Waals surface area contributed by atoms with Crippen LogP contribution in [-0.2, 0) is 26.6 Å². The van der Waals surface area contributed by atoms with Gasteiger partial charge in [-0.25, -0.2) is 13.1 Å². The molecular formula is C12H18N2O3S2. The van der Waals surface area contributed by atoms with E-state index in [0.29, 0.717) is 35.6 Å². The third-order valence-corrected chi connectivity index (χ3v) is 5.86. The fourth-order valence-electron chi connectivity index (χ4n) is 2.04. The molecule has 0 amide bonds. The van der Waals surface area contributed by atoms with Crippen molar-refractivity contribution in [2.45, 2.75) is 24.6 Å². The summed E-state index contributed by atoms with van der Waals surface area (Å²) in [6.45, 7) is 0. The van der Waals surface area contributed by atoms with Crippen molar-refractivity contribution < 1.29 is 12.6 Å². The van der Waals surface area contributed by atoms with Crippen LogP contribution in [0.2, 0.25) is 0 Å². The second-order valence-electron chi connectivity index (χ2n) is 4.74. The molecule has 1 aromatic carbocycles. The maximum Gasteiger partial charge on any atom is 0.216 e. The average Bonchev–Trinajstić information content (AvgIpc) is 2.34. The van der Waals surface area contributed by atoms with E-state index >= 15 is 0 Å². The fraction of sp³-hybridized carbons (Fsp3) is 0.500. The minimum Gasteiger partial charge on any atom is -0.399 e. The van der Waals surface area contributed by atoms with Gasteiger partial charge in [-0.1, -0.05) is 12.1 Å². The summed E-state index contributed by atoms with van der Waals surface area (Å²) in [6, 6.07) is 6.72. The summed E-state index contributed by atoms with van der Waals surface area (Å²) >= 11 is 0. The van der Waals surface area contributed by atoms with Crippen LogP contribution in [-0.4, -0.2) is 30.2 Å². The Morgan fingerprint density at radius 1 is 1.21 bits per heavy atom. The fourth-order valence-corrected chi connectivity index (χ4v) is 4.80. The van der Waals surface area contributed by atoms with Gasteiger partial charge in [0.25, 0.3) is 0 Å². The third-order valence-electron chi connectivity index (χ3n) is 3.07. The molecule has 0 bridgehead atoms. The first-order chi connectivity index (χ1) is 8.94. The Labute approximate surface area is 116 Å². The summed E-state index contributed by atoms with van der Waals surface area (Å²) < 4.78 is 37.9. The van der Waals surface area contributed by atoms with Gasteiger partial charge in [-0.05, 0) is 30.5 Å². The molecule has 0 spiro atoms. The lowest BCUT2D eigenvalue weighted by atomic mass is 10.2. The first-order valence-electron chi connectivity index (χ1n) is 6.14. The molecule has 0 saturated carbocycles. The molecule has 0 aromatic heterocycles. The second-order valence-corrected chi connectivity index (χ2v) is 8.19. The topological polar surface area (TPSA) is 89.3 Å². The van der Waals surface area contributed by atoms with E-state index in [1.54, 1.807) is 24.3 Å². The largest absolute Gasteiger partial charge is 0.399 e. The first-order valence-corrected chi connectivity index (χ1v) is 9.28. The molecule has 106 valence electrons. The van der Waals surface area contributed by atoms with E-state index in [-0.39, 0.29) is 11.8 Å². The van der Waals surface area contributed by atoms with Crippen molar-refractivity contribution in [2.75, 3.05) is 17.2 Å². The molecule has 3 N–H and O–H groups in total. The summed E-state index contributed by atoms with van der Waals surface area (Å²) in [5.41, 5.74) is 6.88. The maximum absolute atomic E-state index is 12.0. The molecule has 0 aliphatic carbocycles. The minimum absolute atomic E-state index is 0.0487. The number of rotatable bonds is 4. The van der Waals surface area contributed by atoms with Crippen molar-refractivity contribution >= 4 is 26.5 Å². The van der Waals surface area contributed by atoms with Crippen molar-refractivity contribution in [3.63, 3.8) is 0 Å². The van der Waals surface area contributed by atoms with Crippen molar-refractivity contribution in [1.82, 2.24) is 4.72 Å². The number of benzene rings is 1. The highest BCUT2D eigenvalue weighted by Gasteiger charge is 2.22. The van der Waals surface area contributed by atoms with Crippen molar-refractivity contribution in [3.8, 4) is 0 Å². The zero-order valence-corrected chi connectivity index (χ0v) is 12.2. The number of nitrogens with one attached hydrogen (secondary N) is 1. The van der Waals surface area contributed by atoms with Gasteiger partial charge in [0.1, 0.15) is 0 Å². The summed E-state index contributed by atoms with van der Waals surface area (Å²) in [5, 5.41) is 0. The molecule has 2 rings (SSSR count). The molecule has 1 saturated heterocycles. The molecule has 1 fully saturated rings. The Morgan fingerprint density at radius 3 is 2.37 bits per heavy atom. The van der Waals surface area contributed by atoms with E-state index in [0.717, 1.165) is 0 Å². The Hall–Kier alpha value is -0.920. The smallest absolute Gasteiger partial charge is 0.216 e. The van der Waals surface area contributed by atoms with E-state index in [1.165, 1.54) is 0 Å². The molecular weight excluding hydrogens is 284 g/mol. The summed E-state index contributed by atoms with van der Waals surface area (Å²) in [6.07, 6.45) is 1.29. The Kier molecular flexibility index (Phi) is 4.59. The molecule has 1 aliphatic rings. The van der Waals surface area contributed by atoms with Crippen molar-refractivity contribution in [2.24, 2.45) is 0 Å². The predicted octanol–water partition coefficient (Wildman–Crippen LogP) is 0.599. The molecule has 0 atom stereocenters. The van der Waals surface area contributed by atoms with E-state index in [4.69, 9.17) is 5.73 Å². The van der Waals surface area contributed by atoms with Gasteiger partial charge in [0.2, 0.25) is 10.0 Å². The normalized spacial score (nSPS) is 24.2. The molecule has 7 heteroatoms. The minimum atomic E-state index is -3.35. The number of nitrogens with two attached hydrogens (primary N) is 1. The van der Waals surface area contributed by atoms with Gasteiger partial charge >= 0.3 is 0 Å². The standard InChI is InChI=1S/C12H18N2O3S2/c13-11-3-1-10(2-4-11)9-19(16,17)14-12-5-7-18(15)8-6-12/h1-4,12,14H,5-9,13H2. The van der Waals surface area contributed by atoms with E-state index < -0.39 is 20.8 Å². The van der Waals surface area contributed by atoms with Crippen LogP contribution in [0, 0.1) is 0 Å². The van der Waals surface area contributed by atoms with Crippen LogP contribution < -0.4 is 10.5 Å². The van der Waals surface area contributed by atoms with Crippen molar-refractivity contribution in [1.29, 1.82) is 0 Å². The molecule has 1 aromatic rings. The lowest BCUT2D eigenvalue weighted by Gasteiger charge is -2.22. The van der Waals surface area contributed by atoms with Crippen LogP contribution in [0.5, 0.6) is 0 Å². The van der Waals surface area contributed by atoms with Crippen LogP contribution >= 0.6 is 0 Å². The van der Waals surface area contributed by atoms with Gasteiger partial charge in [-0.15, -0.1) is 0 Å². The van der Waals surface area contributed by atoms with Gasteiger partial charge in [0.05, 0.1) is 5.75 Å². The lowest BCUT2D eigenvalue weighted by Crippen LogP contribution is -2.40. The number of sulfonamides is 1. The summed E-state index contributed by atoms with van der Waals surface area (Å²) in [4.78, 5) is 0. The van der Waals surface area contributed by atoms with Crippen LogP contribution in [0.3, 0.4) is 0 Å². The van der Waals surface area contributed by atoms with Crippen LogP contribution in [0.4, 0.5) is 5.69 Å². The predicted molar refractivity (Wildman–Crippen MR) is 77.5 cm³/mol. The summed E-state index contributed by atoms with van der Waals surface area (Å²) in [7, 11) is -4.13. The number of nitrogen functional groups attached to an aromatic ring is 1. The number of hydrogen-bond donors (Lipinski definition) is 2. The molecule has 1 heterocycles. The van der Waals surface area contributed by atoms with Crippen molar-refractivity contribution in [3.05, 3.63) is 29.8 Å². The van der Waals surface area contributed by atoms with Crippen LogP contribution in [0.25, 0.3) is 0 Å². The van der Waals surface area contributed by atoms with Gasteiger partial charge < -0.3 is 5.73 Å². The third kappa shape index (κ3) is 4.59. The van der Waals surface area contributed by atoms with Gasteiger partial charge in [0.15, 0.2) is 0 Å². The van der Waals surface area contributed by atoms with Gasteiger partial charge in [-0.2, -0.15) is 0 Å². The van der Waals surface area contributed by atoms with Crippen LogP contribution in [0.1, 0.15) is 18.4 Å². The van der Waals surface area contributed by atoms with E-state index in [9.17, 15) is 12.6 Å². The maximum atomic E-state index is 12.0. The highest BCUT2D eigenvalue weighted by Crippen LogP contribution is 2.13. The monoisotopic (exact) mass is 302 g/mol. The van der Waals surface area contributed by atoms with Crippen LogP contribution in [0.15, 0.2) is 24.3 Å². The highest BCUT2D eigenvalue weighted by atomic mass is 32.2. The second kappa shape index (κ2) is 6.02. The molecule has 5 nitrogen and oxygen atoms in total. The molecule has 1 aliphatic heterocycles. The van der Waals surface area contributed by atoms with Gasteiger partial charge in [-0.3, -0.25) is 4.21 Å². The van der Waals surface area contributed by atoms with E-state index in [1.807, 2.05) is 0 Å². The first kappa shape index (κ1) is 14.5. The number of hydrogen-bond acceptors (Lipinski definition) is 4. The Balaban J connectivity index is 1.95. The summed E-state index contributed by atoms with van der Waals surface area (Å²) in [5.74, 6) is 1.11. The van der Waals surface area contributed by atoms with E-state index in [2.05, 4.69) is 4.72 Å². The highest BCUT2D eigenvalue weighted by molar-refractivity contribution is 7.88. The zero-order valence-electron chi connectivity index (χ0n) is 10.5. The number of anilines is 1. The lowest BCUT2D eigenvalue weighted by molar-refractivity contribution is 0.521. The Morgan fingerprint density at radius 2 is 1.79 bits per heavy atom. The van der Waals surface area contributed by atoms with Gasteiger partial charge in [0, 0.05) is 34.0 Å². The zero-order chi connectivity index (χ0) is 13.9. The SMILES string of the molecule is Nc1ccc(CS(=O)(=O)NC2CCS(=O)CC2)cc1. The molecule has 0 unspecified atom stereocenters. The quantitative estimate of drug-likeness (QED) is 0.797.